The maximum atomic E-state index is 11.5. The molecule has 1 saturated heterocycles. The van der Waals surface area contributed by atoms with Crippen LogP contribution in [-0.2, 0) is 4.79 Å². The molecule has 0 saturated carbocycles. The molecule has 1 fully saturated rings. The predicted octanol–water partition coefficient (Wildman–Crippen LogP) is -0.109. The number of primary amides is 1. The molecule has 1 rings (SSSR count). The molecular weight excluding hydrogens is 232 g/mol. The Labute approximate surface area is 108 Å². The minimum absolute atomic E-state index is 0.222. The molecule has 18 heavy (non-hydrogen) atoms. The number of urea groups is 1. The second kappa shape index (κ2) is 7.33. The summed E-state index contributed by atoms with van der Waals surface area (Å²) in [6, 6.07) is -0.339. The van der Waals surface area contributed by atoms with E-state index >= 15 is 0 Å². The molecule has 6 nitrogen and oxygen atoms in total. The molecule has 1 unspecified atom stereocenters. The van der Waals surface area contributed by atoms with E-state index in [1.54, 1.807) is 0 Å². The highest BCUT2D eigenvalue weighted by molar-refractivity contribution is 5.94. The Morgan fingerprint density at radius 3 is 2.72 bits per heavy atom. The fourth-order valence-corrected chi connectivity index (χ4v) is 2.32. The Balaban J connectivity index is 2.43. The van der Waals surface area contributed by atoms with Crippen LogP contribution in [-0.4, -0.2) is 49.1 Å². The van der Waals surface area contributed by atoms with Crippen LogP contribution in [0.4, 0.5) is 4.79 Å². The zero-order valence-corrected chi connectivity index (χ0v) is 11.2. The van der Waals surface area contributed by atoms with Crippen LogP contribution in [0.2, 0.25) is 0 Å². The van der Waals surface area contributed by atoms with Gasteiger partial charge in [-0.2, -0.15) is 0 Å². The van der Waals surface area contributed by atoms with Gasteiger partial charge in [-0.1, -0.05) is 13.8 Å². The van der Waals surface area contributed by atoms with Gasteiger partial charge >= 0.3 is 6.03 Å². The topological polar surface area (TPSA) is 87.5 Å². The summed E-state index contributed by atoms with van der Waals surface area (Å²) in [4.78, 5) is 24.2. The summed E-state index contributed by atoms with van der Waals surface area (Å²) in [5, 5.41) is 5.52. The lowest BCUT2D eigenvalue weighted by atomic mass is 10.1. The Morgan fingerprint density at radius 2 is 2.22 bits per heavy atom. The van der Waals surface area contributed by atoms with Crippen molar-refractivity contribution in [2.75, 3.05) is 26.2 Å². The lowest BCUT2D eigenvalue weighted by Gasteiger charge is -2.26. The van der Waals surface area contributed by atoms with Gasteiger partial charge in [-0.3, -0.25) is 15.0 Å². The van der Waals surface area contributed by atoms with Crippen LogP contribution in [0.25, 0.3) is 0 Å². The monoisotopic (exact) mass is 256 g/mol. The molecule has 0 aliphatic carbocycles. The zero-order valence-electron chi connectivity index (χ0n) is 11.2. The highest BCUT2D eigenvalue weighted by atomic mass is 16.2. The third-order valence-electron chi connectivity index (χ3n) is 2.89. The number of carbonyl (C=O) groups is 2. The third kappa shape index (κ3) is 5.97. The second-order valence-corrected chi connectivity index (χ2v) is 5.29. The van der Waals surface area contributed by atoms with Gasteiger partial charge in [-0.15, -0.1) is 0 Å². The Morgan fingerprint density at radius 1 is 1.50 bits per heavy atom. The first-order valence-corrected chi connectivity index (χ1v) is 6.52. The van der Waals surface area contributed by atoms with Gasteiger partial charge in [0.2, 0.25) is 5.91 Å². The molecule has 0 aromatic carbocycles. The molecular formula is C12H24N4O2. The fraction of sp³-hybridized carbons (Fsp3) is 0.833. The van der Waals surface area contributed by atoms with Gasteiger partial charge in [-0.05, 0) is 25.3 Å². The van der Waals surface area contributed by atoms with Crippen LogP contribution >= 0.6 is 0 Å². The molecule has 1 aliphatic rings. The molecule has 3 amide bonds. The summed E-state index contributed by atoms with van der Waals surface area (Å²) in [5.74, 6) is 0.147. The van der Waals surface area contributed by atoms with Crippen LogP contribution in [0.1, 0.15) is 26.7 Å². The van der Waals surface area contributed by atoms with E-state index in [2.05, 4.69) is 29.4 Å². The van der Waals surface area contributed by atoms with Crippen molar-refractivity contribution in [3.63, 3.8) is 0 Å². The largest absolute Gasteiger partial charge is 0.351 e. The lowest BCUT2D eigenvalue weighted by molar-refractivity contribution is -0.121. The Kier molecular flexibility index (Phi) is 6.07. The number of carbonyl (C=O) groups excluding carboxylic acids is 2. The van der Waals surface area contributed by atoms with E-state index in [4.69, 9.17) is 5.73 Å². The van der Waals surface area contributed by atoms with Crippen LogP contribution in [0.5, 0.6) is 0 Å². The van der Waals surface area contributed by atoms with Gasteiger partial charge in [-0.25, -0.2) is 4.79 Å². The maximum absolute atomic E-state index is 11.5. The van der Waals surface area contributed by atoms with E-state index in [1.807, 2.05) is 0 Å². The fourth-order valence-electron chi connectivity index (χ4n) is 2.32. The average molecular weight is 256 g/mol. The number of amides is 3. The van der Waals surface area contributed by atoms with E-state index in [1.165, 1.54) is 6.42 Å². The van der Waals surface area contributed by atoms with Crippen LogP contribution in [0.3, 0.4) is 0 Å². The molecule has 1 heterocycles. The predicted molar refractivity (Wildman–Crippen MR) is 70.0 cm³/mol. The summed E-state index contributed by atoms with van der Waals surface area (Å²) in [7, 11) is 0. The van der Waals surface area contributed by atoms with Crippen molar-refractivity contribution in [2.24, 2.45) is 11.7 Å². The smallest absolute Gasteiger partial charge is 0.318 e. The molecule has 6 heteroatoms. The van der Waals surface area contributed by atoms with Crippen LogP contribution in [0.15, 0.2) is 0 Å². The molecule has 4 N–H and O–H groups in total. The number of rotatable bonds is 6. The van der Waals surface area contributed by atoms with Gasteiger partial charge in [0, 0.05) is 19.1 Å². The number of imide groups is 1. The number of nitrogens with zero attached hydrogens (tertiary/aromatic N) is 1. The van der Waals surface area contributed by atoms with Crippen LogP contribution in [0, 0.1) is 5.92 Å². The van der Waals surface area contributed by atoms with E-state index in [9.17, 15) is 9.59 Å². The summed E-state index contributed by atoms with van der Waals surface area (Å²) in [5.41, 5.74) is 4.93. The molecule has 0 radical (unpaired) electrons. The third-order valence-corrected chi connectivity index (χ3v) is 2.89. The van der Waals surface area contributed by atoms with E-state index in [-0.39, 0.29) is 12.5 Å². The molecule has 0 spiro atoms. The van der Waals surface area contributed by atoms with Crippen LogP contribution < -0.4 is 16.4 Å². The van der Waals surface area contributed by atoms with E-state index in [0.717, 1.165) is 26.1 Å². The molecule has 0 aromatic rings. The highest BCUT2D eigenvalue weighted by Gasteiger charge is 2.20. The van der Waals surface area contributed by atoms with Gasteiger partial charge in [0.05, 0.1) is 6.54 Å². The minimum Gasteiger partial charge on any atom is -0.351 e. The second-order valence-electron chi connectivity index (χ2n) is 5.29. The number of nitrogens with two attached hydrogens (primary N) is 1. The zero-order chi connectivity index (χ0) is 13.5. The van der Waals surface area contributed by atoms with Crippen molar-refractivity contribution >= 4 is 11.9 Å². The van der Waals surface area contributed by atoms with Crippen molar-refractivity contribution in [3.05, 3.63) is 0 Å². The number of nitrogens with one attached hydrogen (secondary N) is 2. The van der Waals surface area contributed by atoms with E-state index < -0.39 is 6.03 Å². The van der Waals surface area contributed by atoms with Crippen molar-refractivity contribution in [1.82, 2.24) is 15.5 Å². The van der Waals surface area contributed by atoms with Gasteiger partial charge in [0.1, 0.15) is 0 Å². The molecule has 0 aromatic heterocycles. The molecule has 0 bridgehead atoms. The highest BCUT2D eigenvalue weighted by Crippen LogP contribution is 2.08. The summed E-state index contributed by atoms with van der Waals surface area (Å²) in [6.45, 7) is 7.17. The Bertz CT molecular complexity index is 288. The average Bonchev–Trinajstić information content (AvgIpc) is 2.67. The number of hydrogen-bond acceptors (Lipinski definition) is 4. The van der Waals surface area contributed by atoms with E-state index in [0.29, 0.717) is 12.0 Å². The minimum atomic E-state index is -0.788. The summed E-state index contributed by atoms with van der Waals surface area (Å²) >= 11 is 0. The first-order chi connectivity index (χ1) is 8.47. The van der Waals surface area contributed by atoms with Gasteiger partial charge in [0.15, 0.2) is 0 Å². The van der Waals surface area contributed by atoms with Crippen molar-refractivity contribution in [3.8, 4) is 0 Å². The van der Waals surface area contributed by atoms with Crippen molar-refractivity contribution in [2.45, 2.75) is 32.7 Å². The number of hydrogen-bond donors (Lipinski definition) is 3. The maximum Gasteiger partial charge on any atom is 0.318 e. The SMILES string of the molecule is CC(C)CN(CC(=O)NC(N)=O)CC1CCCN1. The quantitative estimate of drug-likeness (QED) is 0.619. The van der Waals surface area contributed by atoms with Gasteiger partial charge < -0.3 is 11.1 Å². The first-order valence-electron chi connectivity index (χ1n) is 6.52. The standard InChI is InChI=1S/C12H24N4O2/c1-9(2)6-16(7-10-4-3-5-14-10)8-11(17)15-12(13)18/h9-10,14H,3-8H2,1-2H3,(H3,13,15,17,18). The van der Waals surface area contributed by atoms with Crippen molar-refractivity contribution < 1.29 is 9.59 Å². The summed E-state index contributed by atoms with van der Waals surface area (Å²) < 4.78 is 0. The normalized spacial score (nSPS) is 19.4. The Hall–Kier alpha value is -1.14. The lowest BCUT2D eigenvalue weighted by Crippen LogP contribution is -2.46. The van der Waals surface area contributed by atoms with Gasteiger partial charge in [0.25, 0.3) is 0 Å². The summed E-state index contributed by atoms with van der Waals surface area (Å²) in [6.07, 6.45) is 2.33. The molecule has 1 atom stereocenters. The molecule has 104 valence electrons. The first kappa shape index (κ1) is 14.9. The van der Waals surface area contributed by atoms with Crippen molar-refractivity contribution in [1.29, 1.82) is 0 Å². The molecule has 1 aliphatic heterocycles.